The highest BCUT2D eigenvalue weighted by atomic mass is 35.5. The van der Waals surface area contributed by atoms with Crippen LogP contribution in [0.2, 0.25) is 10.0 Å². The summed E-state index contributed by atoms with van der Waals surface area (Å²) in [6.07, 6.45) is 4.69. The quantitative estimate of drug-likeness (QED) is 0.588. The van der Waals surface area contributed by atoms with Crippen molar-refractivity contribution in [3.63, 3.8) is 0 Å². The van der Waals surface area contributed by atoms with Gasteiger partial charge in [0.25, 0.3) is 0 Å². The topological polar surface area (TPSA) is 41.9 Å². The Kier molecular flexibility index (Phi) is 6.41. The Morgan fingerprint density at radius 3 is 2.52 bits per heavy atom. The minimum Gasteiger partial charge on any atom is -0.390 e. The predicted octanol–water partition coefficient (Wildman–Crippen LogP) is 5.71. The highest BCUT2D eigenvalue weighted by Crippen LogP contribution is 2.29. The van der Waals surface area contributed by atoms with Gasteiger partial charge in [-0.3, -0.25) is 4.79 Å². The monoisotopic (exact) mass is 430 g/mol. The number of rotatable bonds is 6. The van der Waals surface area contributed by atoms with Gasteiger partial charge in [0.1, 0.15) is 0 Å². The Balaban J connectivity index is 1.46. The molecule has 0 bridgehead atoms. The molecule has 1 aliphatic carbocycles. The third-order valence-corrected chi connectivity index (χ3v) is 6.29. The number of nitrogens with zero attached hydrogens (tertiary/aromatic N) is 2. The number of oxime groups is 1. The average Bonchev–Trinajstić information content (AvgIpc) is 3.41. The van der Waals surface area contributed by atoms with Gasteiger partial charge in [0.15, 0.2) is 6.10 Å². The first-order chi connectivity index (χ1) is 14.1. The summed E-state index contributed by atoms with van der Waals surface area (Å²) in [6, 6.07) is 15.3. The van der Waals surface area contributed by atoms with Gasteiger partial charge >= 0.3 is 0 Å². The molecule has 1 heterocycles. The molecule has 0 N–H and O–H groups in total. The van der Waals surface area contributed by atoms with E-state index >= 15 is 0 Å². The molecule has 4 nitrogen and oxygen atoms in total. The van der Waals surface area contributed by atoms with Gasteiger partial charge in [-0.05, 0) is 42.2 Å². The Morgan fingerprint density at radius 2 is 1.79 bits per heavy atom. The first-order valence-electron chi connectivity index (χ1n) is 10.1. The number of halogens is 2. The lowest BCUT2D eigenvalue weighted by atomic mass is 10.0. The fourth-order valence-electron chi connectivity index (χ4n) is 4.08. The van der Waals surface area contributed by atoms with E-state index in [2.05, 4.69) is 5.16 Å². The maximum atomic E-state index is 13.2. The van der Waals surface area contributed by atoms with Gasteiger partial charge in [-0.2, -0.15) is 0 Å². The molecule has 4 rings (SSSR count). The van der Waals surface area contributed by atoms with Crippen LogP contribution in [0.25, 0.3) is 0 Å². The van der Waals surface area contributed by atoms with Gasteiger partial charge in [0.2, 0.25) is 5.91 Å². The maximum Gasteiger partial charge on any atom is 0.226 e. The molecule has 2 aliphatic rings. The van der Waals surface area contributed by atoms with Crippen molar-refractivity contribution in [1.29, 1.82) is 0 Å². The number of carbonyl (C=O) groups is 1. The van der Waals surface area contributed by atoms with Crippen LogP contribution in [0, 0.1) is 5.92 Å². The van der Waals surface area contributed by atoms with Crippen LogP contribution in [0.3, 0.4) is 0 Å². The second-order valence-corrected chi connectivity index (χ2v) is 8.61. The third kappa shape index (κ3) is 4.93. The van der Waals surface area contributed by atoms with Gasteiger partial charge in [-0.1, -0.05) is 71.5 Å². The first kappa shape index (κ1) is 20.2. The van der Waals surface area contributed by atoms with Crippen LogP contribution in [0.15, 0.2) is 53.7 Å². The molecule has 2 aromatic rings. The Labute approximate surface area is 181 Å². The standard InChI is InChI=1S/C23H24Cl2N2O2/c24-19-11-9-16(10-12-19)22-13-20(29-26-22)15-27(23(28)17-5-1-2-6-17)14-18-7-3-4-8-21(18)25/h3-4,7-12,17,20H,1-2,5-6,13-15H2. The molecule has 1 aliphatic heterocycles. The second-order valence-electron chi connectivity index (χ2n) is 7.77. The predicted molar refractivity (Wildman–Crippen MR) is 116 cm³/mol. The number of benzene rings is 2. The van der Waals surface area contributed by atoms with Gasteiger partial charge in [-0.15, -0.1) is 0 Å². The minimum atomic E-state index is -0.159. The van der Waals surface area contributed by atoms with E-state index in [-0.39, 0.29) is 17.9 Å². The SMILES string of the molecule is O=C(C1CCCC1)N(Cc1ccccc1Cl)CC1CC(c2ccc(Cl)cc2)=NO1. The summed E-state index contributed by atoms with van der Waals surface area (Å²) < 4.78 is 0. The van der Waals surface area contributed by atoms with E-state index in [0.29, 0.717) is 29.6 Å². The smallest absolute Gasteiger partial charge is 0.226 e. The lowest BCUT2D eigenvalue weighted by Crippen LogP contribution is -2.40. The largest absolute Gasteiger partial charge is 0.390 e. The van der Waals surface area contributed by atoms with E-state index < -0.39 is 0 Å². The van der Waals surface area contributed by atoms with Crippen LogP contribution in [0.1, 0.15) is 43.2 Å². The van der Waals surface area contributed by atoms with E-state index in [1.54, 1.807) is 0 Å². The fraction of sp³-hybridized carbons (Fsp3) is 0.391. The molecule has 0 spiro atoms. The molecule has 2 aromatic carbocycles. The zero-order chi connectivity index (χ0) is 20.2. The van der Waals surface area contributed by atoms with Gasteiger partial charge in [0, 0.05) is 28.9 Å². The van der Waals surface area contributed by atoms with Crippen LogP contribution in [0.4, 0.5) is 0 Å². The molecule has 0 saturated heterocycles. The zero-order valence-electron chi connectivity index (χ0n) is 16.2. The van der Waals surface area contributed by atoms with Crippen LogP contribution < -0.4 is 0 Å². The summed E-state index contributed by atoms with van der Waals surface area (Å²) in [5.41, 5.74) is 2.84. The molecule has 0 radical (unpaired) electrons. The molecule has 29 heavy (non-hydrogen) atoms. The van der Waals surface area contributed by atoms with Gasteiger partial charge < -0.3 is 9.74 Å². The van der Waals surface area contributed by atoms with Crippen molar-refractivity contribution in [2.24, 2.45) is 11.1 Å². The summed E-state index contributed by atoms with van der Waals surface area (Å²) in [6.45, 7) is 0.992. The van der Waals surface area contributed by atoms with Crippen molar-refractivity contribution in [3.8, 4) is 0 Å². The summed E-state index contributed by atoms with van der Waals surface area (Å²) in [7, 11) is 0. The summed E-state index contributed by atoms with van der Waals surface area (Å²) in [5, 5.41) is 5.64. The third-order valence-electron chi connectivity index (χ3n) is 5.67. The van der Waals surface area contributed by atoms with E-state index in [9.17, 15) is 4.79 Å². The molecule has 152 valence electrons. The lowest BCUT2D eigenvalue weighted by Gasteiger charge is -2.28. The van der Waals surface area contributed by atoms with Crippen molar-refractivity contribution in [1.82, 2.24) is 4.90 Å². The van der Waals surface area contributed by atoms with Gasteiger partial charge in [0.05, 0.1) is 12.3 Å². The fourth-order valence-corrected chi connectivity index (χ4v) is 4.40. The van der Waals surface area contributed by atoms with Crippen LogP contribution in [-0.4, -0.2) is 29.2 Å². The van der Waals surface area contributed by atoms with Crippen molar-refractivity contribution in [2.75, 3.05) is 6.54 Å². The molecule has 6 heteroatoms. The normalized spacial score (nSPS) is 19.1. The van der Waals surface area contributed by atoms with E-state index in [1.807, 2.05) is 53.4 Å². The molecule has 1 amide bonds. The van der Waals surface area contributed by atoms with Crippen molar-refractivity contribution >= 4 is 34.8 Å². The highest BCUT2D eigenvalue weighted by molar-refractivity contribution is 6.31. The zero-order valence-corrected chi connectivity index (χ0v) is 17.7. The van der Waals surface area contributed by atoms with Crippen LogP contribution >= 0.6 is 23.2 Å². The van der Waals surface area contributed by atoms with E-state index in [1.165, 1.54) is 0 Å². The van der Waals surface area contributed by atoms with Crippen LogP contribution in [0.5, 0.6) is 0 Å². The van der Waals surface area contributed by atoms with Gasteiger partial charge in [-0.25, -0.2) is 0 Å². The van der Waals surface area contributed by atoms with E-state index in [4.69, 9.17) is 28.0 Å². The van der Waals surface area contributed by atoms with E-state index in [0.717, 1.165) is 42.5 Å². The minimum absolute atomic E-state index is 0.107. The molecule has 1 fully saturated rings. The van der Waals surface area contributed by atoms with Crippen molar-refractivity contribution in [3.05, 3.63) is 69.7 Å². The average molecular weight is 431 g/mol. The van der Waals surface area contributed by atoms with Crippen molar-refractivity contribution < 1.29 is 9.63 Å². The van der Waals surface area contributed by atoms with Crippen molar-refractivity contribution in [2.45, 2.75) is 44.8 Å². The first-order valence-corrected chi connectivity index (χ1v) is 10.9. The molecule has 1 unspecified atom stereocenters. The Morgan fingerprint density at radius 1 is 1.07 bits per heavy atom. The number of amides is 1. The molecule has 1 saturated carbocycles. The summed E-state index contributed by atoms with van der Waals surface area (Å²) >= 11 is 12.3. The molecular formula is C23H24Cl2N2O2. The molecule has 1 atom stereocenters. The lowest BCUT2D eigenvalue weighted by molar-refractivity contribution is -0.137. The highest BCUT2D eigenvalue weighted by Gasteiger charge is 2.31. The second kappa shape index (κ2) is 9.19. The Bertz CT molecular complexity index is 892. The summed E-state index contributed by atoms with van der Waals surface area (Å²) in [4.78, 5) is 20.8. The number of hydrogen-bond donors (Lipinski definition) is 0. The molecular weight excluding hydrogens is 407 g/mol. The number of carbonyl (C=O) groups excluding carboxylic acids is 1. The summed E-state index contributed by atoms with van der Waals surface area (Å²) in [5.74, 6) is 0.307. The Hall–Kier alpha value is -2.04. The van der Waals surface area contributed by atoms with Crippen LogP contribution in [-0.2, 0) is 16.2 Å². The molecule has 0 aromatic heterocycles. The maximum absolute atomic E-state index is 13.2. The number of hydrogen-bond acceptors (Lipinski definition) is 3.